The van der Waals surface area contributed by atoms with Crippen molar-refractivity contribution in [1.29, 1.82) is 0 Å². The number of ether oxygens (including phenoxy) is 1. The lowest BCUT2D eigenvalue weighted by Gasteiger charge is -2.52. The van der Waals surface area contributed by atoms with Gasteiger partial charge in [-0.25, -0.2) is 4.79 Å². The minimum Gasteiger partial charge on any atom is -0.444 e. The summed E-state index contributed by atoms with van der Waals surface area (Å²) in [5, 5.41) is 3.38. The highest BCUT2D eigenvalue weighted by molar-refractivity contribution is 5.69. The van der Waals surface area contributed by atoms with Gasteiger partial charge in [0.25, 0.3) is 0 Å². The summed E-state index contributed by atoms with van der Waals surface area (Å²) < 4.78 is 5.53. The highest BCUT2D eigenvalue weighted by Gasteiger charge is 2.47. The Morgan fingerprint density at radius 3 is 2.22 bits per heavy atom. The van der Waals surface area contributed by atoms with E-state index >= 15 is 0 Å². The highest BCUT2D eigenvalue weighted by atomic mass is 16.6. The third kappa shape index (κ3) is 3.16. The van der Waals surface area contributed by atoms with Crippen LogP contribution in [0.25, 0.3) is 0 Å². The van der Waals surface area contributed by atoms with E-state index in [1.807, 2.05) is 25.7 Å². The van der Waals surface area contributed by atoms with Gasteiger partial charge in [-0.1, -0.05) is 20.8 Å². The summed E-state index contributed by atoms with van der Waals surface area (Å²) in [6.45, 7) is 16.7. The second-order valence-corrected chi connectivity index (χ2v) is 7.33. The molecule has 0 bridgehead atoms. The van der Waals surface area contributed by atoms with Crippen molar-refractivity contribution in [1.82, 2.24) is 10.2 Å². The van der Waals surface area contributed by atoms with Crippen LogP contribution in [0.3, 0.4) is 0 Å². The Balaban J connectivity index is 2.93. The van der Waals surface area contributed by atoms with Crippen molar-refractivity contribution in [2.45, 2.75) is 59.6 Å². The standard InChI is InChI=1S/C14H28N2O2/c1-12(2,3)14(7)10-15-8-9-16(14)11(17)18-13(4,5)6/h15H,8-10H2,1-7H3/t14-/m0/s1. The average Bonchev–Trinajstić information content (AvgIpc) is 2.13. The van der Waals surface area contributed by atoms with Gasteiger partial charge >= 0.3 is 6.09 Å². The van der Waals surface area contributed by atoms with E-state index in [9.17, 15) is 4.79 Å². The van der Waals surface area contributed by atoms with E-state index < -0.39 is 5.60 Å². The van der Waals surface area contributed by atoms with Gasteiger partial charge in [0.15, 0.2) is 0 Å². The van der Waals surface area contributed by atoms with Crippen LogP contribution >= 0.6 is 0 Å². The fraction of sp³-hybridized carbons (Fsp3) is 0.929. The number of carbonyl (C=O) groups excluding carboxylic acids is 1. The van der Waals surface area contributed by atoms with E-state index in [2.05, 4.69) is 33.0 Å². The number of carbonyl (C=O) groups is 1. The van der Waals surface area contributed by atoms with Crippen LogP contribution in [0.15, 0.2) is 0 Å². The normalized spacial score (nSPS) is 26.1. The Labute approximate surface area is 111 Å². The molecule has 0 spiro atoms. The van der Waals surface area contributed by atoms with Crippen molar-refractivity contribution in [2.24, 2.45) is 5.41 Å². The van der Waals surface area contributed by atoms with Gasteiger partial charge in [-0.2, -0.15) is 0 Å². The molecule has 4 heteroatoms. The molecule has 106 valence electrons. The molecule has 1 rings (SSSR count). The maximum Gasteiger partial charge on any atom is 0.410 e. The zero-order valence-corrected chi connectivity index (χ0v) is 12.9. The maximum absolute atomic E-state index is 12.4. The molecule has 0 aliphatic carbocycles. The molecule has 1 N–H and O–H groups in total. The van der Waals surface area contributed by atoms with Gasteiger partial charge in [-0.15, -0.1) is 0 Å². The van der Waals surface area contributed by atoms with Crippen LogP contribution in [0, 0.1) is 5.41 Å². The number of nitrogens with one attached hydrogen (secondary N) is 1. The summed E-state index contributed by atoms with van der Waals surface area (Å²) in [6, 6.07) is 0. The molecule has 1 atom stereocenters. The topological polar surface area (TPSA) is 41.6 Å². The molecule has 1 heterocycles. The lowest BCUT2D eigenvalue weighted by atomic mass is 9.73. The Bertz CT molecular complexity index is 315. The summed E-state index contributed by atoms with van der Waals surface area (Å²) in [5.74, 6) is 0. The quantitative estimate of drug-likeness (QED) is 0.724. The Hall–Kier alpha value is -0.770. The SMILES string of the molecule is CC(C)(C)OC(=O)N1CCNC[C@@]1(C)C(C)(C)C. The molecule has 0 unspecified atom stereocenters. The summed E-state index contributed by atoms with van der Waals surface area (Å²) in [5.41, 5.74) is -0.675. The van der Waals surface area contributed by atoms with Crippen LogP contribution in [0.4, 0.5) is 4.79 Å². The molecule has 0 saturated carbocycles. The molecule has 0 aromatic carbocycles. The van der Waals surface area contributed by atoms with E-state index in [4.69, 9.17) is 4.74 Å². The second-order valence-electron chi connectivity index (χ2n) is 7.33. The predicted molar refractivity (Wildman–Crippen MR) is 73.7 cm³/mol. The Morgan fingerprint density at radius 1 is 1.22 bits per heavy atom. The number of hydrogen-bond acceptors (Lipinski definition) is 3. The third-order valence-electron chi connectivity index (χ3n) is 3.81. The number of nitrogens with zero attached hydrogens (tertiary/aromatic N) is 1. The Kier molecular flexibility index (Phi) is 4.01. The van der Waals surface area contributed by atoms with E-state index in [0.717, 1.165) is 13.1 Å². The molecule has 1 aliphatic rings. The molecule has 4 nitrogen and oxygen atoms in total. The lowest BCUT2D eigenvalue weighted by Crippen LogP contribution is -2.67. The van der Waals surface area contributed by atoms with Gasteiger partial charge < -0.3 is 10.1 Å². The van der Waals surface area contributed by atoms with Crippen LogP contribution in [0.1, 0.15) is 48.5 Å². The number of rotatable bonds is 0. The van der Waals surface area contributed by atoms with Crippen molar-refractivity contribution in [3.63, 3.8) is 0 Å². The first kappa shape index (κ1) is 15.3. The van der Waals surface area contributed by atoms with E-state index in [-0.39, 0.29) is 17.0 Å². The minimum absolute atomic E-state index is 0.00265. The van der Waals surface area contributed by atoms with Crippen molar-refractivity contribution in [2.75, 3.05) is 19.6 Å². The smallest absolute Gasteiger partial charge is 0.410 e. The molecule has 1 aliphatic heterocycles. The average molecular weight is 256 g/mol. The zero-order valence-electron chi connectivity index (χ0n) is 12.9. The monoisotopic (exact) mass is 256 g/mol. The molecule has 1 fully saturated rings. The maximum atomic E-state index is 12.4. The molecule has 1 amide bonds. The van der Waals surface area contributed by atoms with Crippen molar-refractivity contribution >= 4 is 6.09 Å². The predicted octanol–water partition coefficient (Wildman–Crippen LogP) is 2.63. The Morgan fingerprint density at radius 2 is 1.78 bits per heavy atom. The fourth-order valence-corrected chi connectivity index (χ4v) is 2.14. The van der Waals surface area contributed by atoms with Crippen LogP contribution in [-0.2, 0) is 4.74 Å². The lowest BCUT2D eigenvalue weighted by molar-refractivity contribution is -0.0400. The van der Waals surface area contributed by atoms with E-state index in [0.29, 0.717) is 6.54 Å². The molecule has 0 aromatic rings. The summed E-state index contributed by atoms with van der Waals surface area (Å²) >= 11 is 0. The van der Waals surface area contributed by atoms with Gasteiger partial charge in [0.05, 0.1) is 5.54 Å². The second kappa shape index (κ2) is 4.72. The van der Waals surface area contributed by atoms with Gasteiger partial charge in [-0.3, -0.25) is 4.90 Å². The third-order valence-corrected chi connectivity index (χ3v) is 3.81. The van der Waals surface area contributed by atoms with Gasteiger partial charge in [-0.05, 0) is 33.1 Å². The summed E-state index contributed by atoms with van der Waals surface area (Å²) in [7, 11) is 0. The largest absolute Gasteiger partial charge is 0.444 e. The number of hydrogen-bond donors (Lipinski definition) is 1. The van der Waals surface area contributed by atoms with Crippen molar-refractivity contribution in [3.05, 3.63) is 0 Å². The first-order valence-corrected chi connectivity index (χ1v) is 6.69. The van der Waals surface area contributed by atoms with Gasteiger partial charge in [0, 0.05) is 19.6 Å². The van der Waals surface area contributed by atoms with Crippen molar-refractivity contribution in [3.8, 4) is 0 Å². The number of piperazine rings is 1. The van der Waals surface area contributed by atoms with Gasteiger partial charge in [0.2, 0.25) is 0 Å². The molecular formula is C14H28N2O2. The van der Waals surface area contributed by atoms with Crippen molar-refractivity contribution < 1.29 is 9.53 Å². The summed E-state index contributed by atoms with van der Waals surface area (Å²) in [6.07, 6.45) is -0.207. The zero-order chi connectivity index (χ0) is 14.2. The van der Waals surface area contributed by atoms with E-state index in [1.165, 1.54) is 0 Å². The molecular weight excluding hydrogens is 228 g/mol. The first-order valence-electron chi connectivity index (χ1n) is 6.69. The number of amides is 1. The molecule has 0 aromatic heterocycles. The van der Waals surface area contributed by atoms with E-state index in [1.54, 1.807) is 0 Å². The molecule has 1 saturated heterocycles. The molecule has 0 radical (unpaired) electrons. The van der Waals surface area contributed by atoms with Crippen LogP contribution in [-0.4, -0.2) is 41.8 Å². The van der Waals surface area contributed by atoms with Gasteiger partial charge in [0.1, 0.15) is 5.60 Å². The highest BCUT2D eigenvalue weighted by Crippen LogP contribution is 2.37. The molecule has 18 heavy (non-hydrogen) atoms. The summed E-state index contributed by atoms with van der Waals surface area (Å²) in [4.78, 5) is 14.2. The van der Waals surface area contributed by atoms with Crippen LogP contribution in [0.2, 0.25) is 0 Å². The van der Waals surface area contributed by atoms with Crippen LogP contribution < -0.4 is 5.32 Å². The minimum atomic E-state index is -0.444. The first-order chi connectivity index (χ1) is 7.97. The van der Waals surface area contributed by atoms with Crippen LogP contribution in [0.5, 0.6) is 0 Å². The fourth-order valence-electron chi connectivity index (χ4n) is 2.14.